The smallest absolute Gasteiger partial charge is 0.167 e. The van der Waals surface area contributed by atoms with E-state index < -0.39 is 0 Å². The Hall–Kier alpha value is -1.73. The predicted molar refractivity (Wildman–Crippen MR) is 50.1 cm³/mol. The van der Waals surface area contributed by atoms with Gasteiger partial charge in [0, 0.05) is 5.56 Å². The minimum absolute atomic E-state index is 0.227. The summed E-state index contributed by atoms with van der Waals surface area (Å²) in [6.45, 7) is 0.407. The highest BCUT2D eigenvalue weighted by atomic mass is 16.5. The van der Waals surface area contributed by atoms with Gasteiger partial charge in [-0.05, 0) is 12.1 Å². The van der Waals surface area contributed by atoms with Gasteiger partial charge in [-0.2, -0.15) is 5.26 Å². The maximum Gasteiger partial charge on any atom is 0.167 e. The van der Waals surface area contributed by atoms with Gasteiger partial charge in [-0.15, -0.1) is 0 Å². The first kappa shape index (κ1) is 8.85. The van der Waals surface area contributed by atoms with E-state index in [4.69, 9.17) is 20.5 Å². The van der Waals surface area contributed by atoms with Crippen LogP contribution in [0.4, 0.5) is 0 Å². The number of benzene rings is 1. The van der Waals surface area contributed by atoms with Crippen LogP contribution in [-0.4, -0.2) is 13.7 Å². The van der Waals surface area contributed by atoms with E-state index in [2.05, 4.69) is 6.07 Å². The molecule has 0 aliphatic carbocycles. The standard InChI is InChI=1S/C10H10N2O2/c1-13-8-3-2-6(4-11)9-7(12)5-14-10(8)9/h2-3,7H,5,12H2,1H3/t7-/m1/s1. The molecule has 4 heteroatoms. The number of hydrogen-bond acceptors (Lipinski definition) is 4. The lowest BCUT2D eigenvalue weighted by molar-refractivity contribution is 0.311. The molecule has 0 saturated carbocycles. The monoisotopic (exact) mass is 190 g/mol. The maximum absolute atomic E-state index is 8.88. The minimum atomic E-state index is -0.227. The molecule has 1 aromatic rings. The summed E-state index contributed by atoms with van der Waals surface area (Å²) in [5.41, 5.74) is 7.13. The van der Waals surface area contributed by atoms with Gasteiger partial charge in [0.15, 0.2) is 11.5 Å². The lowest BCUT2D eigenvalue weighted by atomic mass is 10.0. The number of ether oxygens (including phenoxy) is 2. The van der Waals surface area contributed by atoms with Crippen LogP contribution in [0.25, 0.3) is 0 Å². The fraction of sp³-hybridized carbons (Fsp3) is 0.300. The minimum Gasteiger partial charge on any atom is -0.493 e. The molecule has 0 aromatic heterocycles. The van der Waals surface area contributed by atoms with Crippen LogP contribution in [0.1, 0.15) is 17.2 Å². The van der Waals surface area contributed by atoms with E-state index in [0.29, 0.717) is 23.7 Å². The molecule has 1 aliphatic heterocycles. The van der Waals surface area contributed by atoms with E-state index in [0.717, 1.165) is 5.56 Å². The van der Waals surface area contributed by atoms with Crippen LogP contribution in [0.2, 0.25) is 0 Å². The zero-order valence-electron chi connectivity index (χ0n) is 7.78. The van der Waals surface area contributed by atoms with Crippen molar-refractivity contribution in [2.24, 2.45) is 5.73 Å². The molecule has 0 amide bonds. The van der Waals surface area contributed by atoms with E-state index in [-0.39, 0.29) is 6.04 Å². The van der Waals surface area contributed by atoms with Crippen molar-refractivity contribution in [3.63, 3.8) is 0 Å². The van der Waals surface area contributed by atoms with E-state index in [1.807, 2.05) is 0 Å². The lowest BCUT2D eigenvalue weighted by Gasteiger charge is -2.07. The quantitative estimate of drug-likeness (QED) is 0.716. The van der Waals surface area contributed by atoms with Gasteiger partial charge in [-0.1, -0.05) is 0 Å². The number of hydrogen-bond donors (Lipinski definition) is 1. The van der Waals surface area contributed by atoms with Crippen LogP contribution in [0, 0.1) is 11.3 Å². The van der Waals surface area contributed by atoms with Crippen molar-refractivity contribution in [3.05, 3.63) is 23.3 Å². The van der Waals surface area contributed by atoms with Gasteiger partial charge in [-0.25, -0.2) is 0 Å². The fourth-order valence-electron chi connectivity index (χ4n) is 1.61. The molecule has 0 bridgehead atoms. The molecule has 0 radical (unpaired) electrons. The van der Waals surface area contributed by atoms with Crippen molar-refractivity contribution < 1.29 is 9.47 Å². The molecule has 1 atom stereocenters. The fourth-order valence-corrected chi connectivity index (χ4v) is 1.61. The number of fused-ring (bicyclic) bond motifs is 1. The second-order valence-electron chi connectivity index (χ2n) is 3.09. The zero-order chi connectivity index (χ0) is 10.1. The van der Waals surface area contributed by atoms with E-state index in [1.54, 1.807) is 19.2 Å². The van der Waals surface area contributed by atoms with Gasteiger partial charge in [0.1, 0.15) is 6.61 Å². The van der Waals surface area contributed by atoms with Crippen molar-refractivity contribution in [1.29, 1.82) is 5.26 Å². The molecule has 14 heavy (non-hydrogen) atoms. The Morgan fingerprint density at radius 1 is 1.64 bits per heavy atom. The molecule has 4 nitrogen and oxygen atoms in total. The number of nitrogens with zero attached hydrogens (tertiary/aromatic N) is 1. The second kappa shape index (κ2) is 3.20. The zero-order valence-corrected chi connectivity index (χ0v) is 7.78. The van der Waals surface area contributed by atoms with E-state index in [9.17, 15) is 0 Å². The summed E-state index contributed by atoms with van der Waals surface area (Å²) < 4.78 is 10.5. The number of nitrogens with two attached hydrogens (primary N) is 1. The highest BCUT2D eigenvalue weighted by Gasteiger charge is 2.27. The van der Waals surface area contributed by atoms with Crippen LogP contribution >= 0.6 is 0 Å². The first-order chi connectivity index (χ1) is 6.77. The largest absolute Gasteiger partial charge is 0.493 e. The predicted octanol–water partition coefficient (Wildman–Crippen LogP) is 0.959. The molecule has 2 N–H and O–H groups in total. The highest BCUT2D eigenvalue weighted by Crippen LogP contribution is 2.40. The van der Waals surface area contributed by atoms with Gasteiger partial charge >= 0.3 is 0 Å². The Bertz CT molecular complexity index is 409. The third kappa shape index (κ3) is 1.10. The first-order valence-corrected chi connectivity index (χ1v) is 4.27. The van der Waals surface area contributed by atoms with Crippen molar-refractivity contribution >= 4 is 0 Å². The summed E-state index contributed by atoms with van der Waals surface area (Å²) in [4.78, 5) is 0. The summed E-state index contributed by atoms with van der Waals surface area (Å²) in [5, 5.41) is 8.88. The van der Waals surface area contributed by atoms with Crippen molar-refractivity contribution in [3.8, 4) is 17.6 Å². The lowest BCUT2D eigenvalue weighted by Crippen LogP contribution is -2.11. The van der Waals surface area contributed by atoms with Gasteiger partial charge in [-0.3, -0.25) is 0 Å². The number of nitriles is 1. The second-order valence-corrected chi connectivity index (χ2v) is 3.09. The average Bonchev–Trinajstić information content (AvgIpc) is 2.60. The van der Waals surface area contributed by atoms with Gasteiger partial charge in [0.2, 0.25) is 0 Å². The Morgan fingerprint density at radius 2 is 2.43 bits per heavy atom. The van der Waals surface area contributed by atoms with Crippen LogP contribution in [0.5, 0.6) is 11.5 Å². The van der Waals surface area contributed by atoms with Gasteiger partial charge in [0.05, 0.1) is 24.8 Å². The topological polar surface area (TPSA) is 68.3 Å². The summed E-state index contributed by atoms with van der Waals surface area (Å²) in [6.07, 6.45) is 0. The normalized spacial score (nSPS) is 18.2. The summed E-state index contributed by atoms with van der Waals surface area (Å²) >= 11 is 0. The summed E-state index contributed by atoms with van der Waals surface area (Å²) in [5.74, 6) is 1.24. The first-order valence-electron chi connectivity index (χ1n) is 4.27. The van der Waals surface area contributed by atoms with E-state index in [1.165, 1.54) is 0 Å². The molecule has 1 aromatic carbocycles. The van der Waals surface area contributed by atoms with Crippen molar-refractivity contribution in [1.82, 2.24) is 0 Å². The van der Waals surface area contributed by atoms with Crippen LogP contribution < -0.4 is 15.2 Å². The summed E-state index contributed by atoms with van der Waals surface area (Å²) in [6, 6.07) is 5.28. The Labute approximate surface area is 81.8 Å². The van der Waals surface area contributed by atoms with Crippen LogP contribution in [0.15, 0.2) is 12.1 Å². The number of rotatable bonds is 1. The summed E-state index contributed by atoms with van der Waals surface area (Å²) in [7, 11) is 1.56. The van der Waals surface area contributed by atoms with Crippen LogP contribution in [0.3, 0.4) is 0 Å². The molecule has 0 fully saturated rings. The molecule has 1 heterocycles. The van der Waals surface area contributed by atoms with Crippen molar-refractivity contribution in [2.75, 3.05) is 13.7 Å². The highest BCUT2D eigenvalue weighted by molar-refractivity contribution is 5.57. The Kier molecular flexibility index (Phi) is 2.02. The third-order valence-electron chi connectivity index (χ3n) is 2.28. The molecular weight excluding hydrogens is 180 g/mol. The van der Waals surface area contributed by atoms with Crippen molar-refractivity contribution in [2.45, 2.75) is 6.04 Å². The van der Waals surface area contributed by atoms with Gasteiger partial charge in [0.25, 0.3) is 0 Å². The molecule has 0 spiro atoms. The van der Waals surface area contributed by atoms with Crippen LogP contribution in [-0.2, 0) is 0 Å². The Balaban J connectivity index is 2.64. The molecular formula is C10H10N2O2. The maximum atomic E-state index is 8.88. The molecule has 0 unspecified atom stereocenters. The van der Waals surface area contributed by atoms with Gasteiger partial charge < -0.3 is 15.2 Å². The SMILES string of the molecule is COc1ccc(C#N)c2c1OC[C@H]2N. The average molecular weight is 190 g/mol. The molecule has 2 rings (SSSR count). The molecule has 0 saturated heterocycles. The number of methoxy groups -OCH3 is 1. The molecule has 72 valence electrons. The third-order valence-corrected chi connectivity index (χ3v) is 2.28. The van der Waals surface area contributed by atoms with E-state index >= 15 is 0 Å². The Morgan fingerprint density at radius 3 is 3.07 bits per heavy atom. The molecule has 1 aliphatic rings.